The van der Waals surface area contributed by atoms with Gasteiger partial charge >= 0.3 is 6.09 Å². The van der Waals surface area contributed by atoms with E-state index < -0.39 is 0 Å². The average molecular weight is 379 g/mol. The molecule has 3 rings (SSSR count). The number of piperazine rings is 1. The number of carbonyl (C=O) groups excluding carboxylic acids is 2. The van der Waals surface area contributed by atoms with E-state index in [0.717, 1.165) is 5.69 Å². The lowest BCUT2D eigenvalue weighted by Crippen LogP contribution is -2.49. The standard InChI is InChI=1S/C20H21N5O3/c1-2-28-20(27)25-10-8-24(9-11-25)17-6-7-22-18(13-17)19(26)23-16-5-3-4-15(12-16)14-21/h3-7,12-13H,2,8-11H2,1H3,(H,23,26). The third kappa shape index (κ3) is 4.57. The molecule has 0 saturated carbocycles. The van der Waals surface area contributed by atoms with E-state index in [1.54, 1.807) is 48.4 Å². The summed E-state index contributed by atoms with van der Waals surface area (Å²) in [7, 11) is 0. The number of nitrogens with zero attached hydrogens (tertiary/aromatic N) is 4. The molecule has 144 valence electrons. The first-order chi connectivity index (χ1) is 13.6. The largest absolute Gasteiger partial charge is 0.450 e. The third-order valence-corrected chi connectivity index (χ3v) is 4.40. The van der Waals surface area contributed by atoms with E-state index in [1.165, 1.54) is 0 Å². The van der Waals surface area contributed by atoms with Gasteiger partial charge in [-0.15, -0.1) is 0 Å². The van der Waals surface area contributed by atoms with Crippen molar-refractivity contribution in [2.45, 2.75) is 6.92 Å². The minimum atomic E-state index is -0.345. The van der Waals surface area contributed by atoms with Gasteiger partial charge in [0, 0.05) is 43.8 Å². The number of hydrogen-bond donors (Lipinski definition) is 1. The van der Waals surface area contributed by atoms with E-state index >= 15 is 0 Å². The molecule has 1 saturated heterocycles. The van der Waals surface area contributed by atoms with Crippen molar-refractivity contribution >= 4 is 23.4 Å². The van der Waals surface area contributed by atoms with E-state index in [9.17, 15) is 9.59 Å². The fraction of sp³-hybridized carbons (Fsp3) is 0.300. The highest BCUT2D eigenvalue weighted by molar-refractivity contribution is 6.03. The first kappa shape index (κ1) is 19.2. The Morgan fingerprint density at radius 2 is 2.00 bits per heavy atom. The third-order valence-electron chi connectivity index (χ3n) is 4.40. The monoisotopic (exact) mass is 379 g/mol. The van der Waals surface area contributed by atoms with Gasteiger partial charge < -0.3 is 19.9 Å². The Kier molecular flexibility index (Phi) is 6.07. The molecule has 1 aliphatic heterocycles. The normalized spacial score (nSPS) is 13.6. The van der Waals surface area contributed by atoms with Gasteiger partial charge in [-0.1, -0.05) is 6.07 Å². The summed E-state index contributed by atoms with van der Waals surface area (Å²) in [6, 6.07) is 12.3. The molecule has 0 unspecified atom stereocenters. The Labute approximate surface area is 163 Å². The van der Waals surface area contributed by atoms with Crippen molar-refractivity contribution in [3.05, 3.63) is 53.9 Å². The van der Waals surface area contributed by atoms with Gasteiger partial charge in [-0.3, -0.25) is 9.78 Å². The molecule has 28 heavy (non-hydrogen) atoms. The predicted molar refractivity (Wildman–Crippen MR) is 104 cm³/mol. The summed E-state index contributed by atoms with van der Waals surface area (Å²) in [6.45, 7) is 4.56. The van der Waals surface area contributed by atoms with Crippen molar-refractivity contribution in [1.82, 2.24) is 9.88 Å². The topological polar surface area (TPSA) is 98.6 Å². The van der Waals surface area contributed by atoms with Gasteiger partial charge in [0.25, 0.3) is 5.91 Å². The van der Waals surface area contributed by atoms with Crippen molar-refractivity contribution in [2.75, 3.05) is 43.0 Å². The summed E-state index contributed by atoms with van der Waals surface area (Å²) in [5.74, 6) is -0.345. The molecule has 0 spiro atoms. The Hall–Kier alpha value is -3.60. The second-order valence-corrected chi connectivity index (χ2v) is 6.22. The van der Waals surface area contributed by atoms with Crippen LogP contribution in [0.2, 0.25) is 0 Å². The molecule has 8 heteroatoms. The first-order valence-electron chi connectivity index (χ1n) is 9.05. The SMILES string of the molecule is CCOC(=O)N1CCN(c2ccnc(C(=O)Nc3cccc(C#N)c3)c2)CC1. The lowest BCUT2D eigenvalue weighted by atomic mass is 10.2. The van der Waals surface area contributed by atoms with Crippen LogP contribution >= 0.6 is 0 Å². The molecular formula is C20H21N5O3. The summed E-state index contributed by atoms with van der Waals surface area (Å²) in [6.07, 6.45) is 1.30. The molecule has 0 radical (unpaired) electrons. The molecule has 0 bridgehead atoms. The van der Waals surface area contributed by atoms with E-state index in [0.29, 0.717) is 44.0 Å². The van der Waals surface area contributed by atoms with Crippen LogP contribution in [0.5, 0.6) is 0 Å². The molecule has 1 aromatic heterocycles. The van der Waals surface area contributed by atoms with E-state index in [2.05, 4.69) is 15.2 Å². The van der Waals surface area contributed by atoms with Gasteiger partial charge in [-0.05, 0) is 37.3 Å². The number of aromatic nitrogens is 1. The molecule has 2 heterocycles. The summed E-state index contributed by atoms with van der Waals surface area (Å²) in [5.41, 5.74) is 2.17. The number of rotatable bonds is 4. The van der Waals surface area contributed by atoms with Gasteiger partial charge in [0.05, 0.1) is 18.2 Å². The van der Waals surface area contributed by atoms with Crippen LogP contribution in [0.1, 0.15) is 23.0 Å². The molecule has 1 aromatic carbocycles. The number of amides is 2. The van der Waals surface area contributed by atoms with Crippen molar-refractivity contribution in [1.29, 1.82) is 5.26 Å². The lowest BCUT2D eigenvalue weighted by Gasteiger charge is -2.35. The minimum absolute atomic E-state index is 0.285. The summed E-state index contributed by atoms with van der Waals surface area (Å²) < 4.78 is 5.03. The average Bonchev–Trinajstić information content (AvgIpc) is 2.74. The number of anilines is 2. The van der Waals surface area contributed by atoms with Gasteiger partial charge in [-0.2, -0.15) is 5.26 Å². The lowest BCUT2D eigenvalue weighted by molar-refractivity contribution is 0.102. The van der Waals surface area contributed by atoms with Gasteiger partial charge in [0.15, 0.2) is 0 Å². The van der Waals surface area contributed by atoms with Crippen LogP contribution < -0.4 is 10.2 Å². The molecule has 0 atom stereocenters. The van der Waals surface area contributed by atoms with E-state index in [-0.39, 0.29) is 17.7 Å². The molecule has 2 amide bonds. The Morgan fingerprint density at radius 1 is 1.21 bits per heavy atom. The number of nitriles is 1. The molecule has 1 N–H and O–H groups in total. The number of pyridine rings is 1. The highest BCUT2D eigenvalue weighted by Gasteiger charge is 2.22. The minimum Gasteiger partial charge on any atom is -0.450 e. The fourth-order valence-electron chi connectivity index (χ4n) is 2.96. The zero-order valence-corrected chi connectivity index (χ0v) is 15.6. The maximum Gasteiger partial charge on any atom is 0.409 e. The van der Waals surface area contributed by atoms with Crippen LogP contribution in [0.3, 0.4) is 0 Å². The molecule has 1 fully saturated rings. The smallest absolute Gasteiger partial charge is 0.409 e. The van der Waals surface area contributed by atoms with Crippen LogP contribution in [-0.4, -0.2) is 54.7 Å². The Bertz CT molecular complexity index is 901. The summed E-state index contributed by atoms with van der Waals surface area (Å²) in [5, 5.41) is 11.7. The van der Waals surface area contributed by atoms with Crippen LogP contribution in [0, 0.1) is 11.3 Å². The predicted octanol–water partition coefficient (Wildman–Crippen LogP) is 2.48. The molecule has 8 nitrogen and oxygen atoms in total. The van der Waals surface area contributed by atoms with Crippen LogP contribution in [0.25, 0.3) is 0 Å². The van der Waals surface area contributed by atoms with Crippen molar-refractivity contribution in [3.63, 3.8) is 0 Å². The number of hydrogen-bond acceptors (Lipinski definition) is 6. The van der Waals surface area contributed by atoms with Gasteiger partial charge in [0.2, 0.25) is 0 Å². The molecular weight excluding hydrogens is 358 g/mol. The van der Waals surface area contributed by atoms with Crippen LogP contribution in [0.15, 0.2) is 42.6 Å². The highest BCUT2D eigenvalue weighted by atomic mass is 16.6. The number of ether oxygens (including phenoxy) is 1. The molecule has 2 aromatic rings. The van der Waals surface area contributed by atoms with Gasteiger partial charge in [0.1, 0.15) is 5.69 Å². The Morgan fingerprint density at radius 3 is 2.71 bits per heavy atom. The van der Waals surface area contributed by atoms with Crippen LogP contribution in [-0.2, 0) is 4.74 Å². The summed E-state index contributed by atoms with van der Waals surface area (Å²) >= 11 is 0. The zero-order chi connectivity index (χ0) is 19.9. The zero-order valence-electron chi connectivity index (χ0n) is 15.6. The van der Waals surface area contributed by atoms with Crippen LogP contribution in [0.4, 0.5) is 16.2 Å². The maximum absolute atomic E-state index is 12.5. The van der Waals surface area contributed by atoms with E-state index in [1.807, 2.05) is 12.1 Å². The number of benzene rings is 1. The van der Waals surface area contributed by atoms with Gasteiger partial charge in [-0.25, -0.2) is 4.79 Å². The summed E-state index contributed by atoms with van der Waals surface area (Å²) in [4.78, 5) is 32.3. The maximum atomic E-state index is 12.5. The second kappa shape index (κ2) is 8.86. The molecule has 0 aliphatic carbocycles. The number of carbonyl (C=O) groups is 2. The van der Waals surface area contributed by atoms with Crippen molar-refractivity contribution in [2.24, 2.45) is 0 Å². The first-order valence-corrected chi connectivity index (χ1v) is 9.05. The number of nitrogens with one attached hydrogen (secondary N) is 1. The fourth-order valence-corrected chi connectivity index (χ4v) is 2.96. The second-order valence-electron chi connectivity index (χ2n) is 6.22. The Balaban J connectivity index is 1.65. The van der Waals surface area contributed by atoms with Crippen molar-refractivity contribution in [3.8, 4) is 6.07 Å². The molecule has 1 aliphatic rings. The highest BCUT2D eigenvalue weighted by Crippen LogP contribution is 2.18. The van der Waals surface area contributed by atoms with Crippen molar-refractivity contribution < 1.29 is 14.3 Å². The quantitative estimate of drug-likeness (QED) is 0.876. The van der Waals surface area contributed by atoms with E-state index in [4.69, 9.17) is 10.00 Å².